The summed E-state index contributed by atoms with van der Waals surface area (Å²) in [6, 6.07) is 3.76. The van der Waals surface area contributed by atoms with Gasteiger partial charge in [0.15, 0.2) is 0 Å². The van der Waals surface area contributed by atoms with E-state index in [-0.39, 0.29) is 47.1 Å². The van der Waals surface area contributed by atoms with Crippen LogP contribution in [0.2, 0.25) is 0 Å². The number of aromatic nitrogens is 3. The summed E-state index contributed by atoms with van der Waals surface area (Å²) in [6.45, 7) is 12.4. The van der Waals surface area contributed by atoms with E-state index in [1.807, 2.05) is 12.1 Å². The normalized spacial score (nSPS) is 11.3. The number of aromatic hydroxyl groups is 2. The summed E-state index contributed by atoms with van der Waals surface area (Å²) in [5.41, 5.74) is 1.31. The third-order valence-electron chi connectivity index (χ3n) is 3.64. The molecule has 0 radical (unpaired) electrons. The molecular weight excluding hydrogens is 528 g/mol. The van der Waals surface area contributed by atoms with Gasteiger partial charge in [0, 0.05) is 0 Å². The second kappa shape index (κ2) is 8.78. The Labute approximate surface area is 172 Å². The predicted molar refractivity (Wildman–Crippen MR) is 101 cm³/mol. The number of nitrogens with zero attached hydrogens (tertiary/aromatic N) is 3. The van der Waals surface area contributed by atoms with E-state index in [4.69, 9.17) is 0 Å². The van der Waals surface area contributed by atoms with Gasteiger partial charge in [-0.15, -0.1) is 24.8 Å². The summed E-state index contributed by atoms with van der Waals surface area (Å²) in [6.07, 6.45) is 1.60. The Balaban J connectivity index is 0.00000288. The molecule has 0 aliphatic carbocycles. The van der Waals surface area contributed by atoms with Crippen molar-refractivity contribution in [2.24, 2.45) is 0 Å². The maximum Gasteiger partial charge on any atom is -0.147 e. The standard InChI is InChI=1S/C14H21O2.C3H2N3.2ClH.Hf/c1-13(2,3)9-7-10(14(4,5)6)12(16)8-11(9)15;1-2-4-6-5-3-1;;;/h7,15-16H,1-6H3;1-2H;2*1H;. The molecule has 8 heteroatoms. The molecule has 0 amide bonds. The first-order valence-electron chi connectivity index (χ1n) is 7.53. The first-order chi connectivity index (χ1) is 10.5. The molecule has 0 aliphatic rings. The van der Waals surface area contributed by atoms with Crippen molar-refractivity contribution in [1.82, 2.24) is 15.4 Å². The van der Waals surface area contributed by atoms with E-state index in [2.05, 4.69) is 57.0 Å². The Hall–Kier alpha value is -0.720. The van der Waals surface area contributed by atoms with Crippen molar-refractivity contribution in [1.29, 1.82) is 0 Å². The molecule has 0 spiro atoms. The third-order valence-corrected chi connectivity index (χ3v) is 8.12. The maximum atomic E-state index is 10.8. The molecule has 0 saturated heterocycles. The van der Waals surface area contributed by atoms with Crippen LogP contribution in [-0.2, 0) is 33.7 Å². The van der Waals surface area contributed by atoms with Crippen LogP contribution in [0.1, 0.15) is 52.7 Å². The molecular formula is C17H25Cl2HfN3O2. The summed E-state index contributed by atoms with van der Waals surface area (Å²) in [7, 11) is 0. The molecule has 25 heavy (non-hydrogen) atoms. The van der Waals surface area contributed by atoms with Crippen LogP contribution in [0.15, 0.2) is 18.3 Å². The minimum absolute atomic E-state index is 0. The zero-order valence-corrected chi connectivity index (χ0v) is 20.5. The minimum Gasteiger partial charge on any atom is -0.147 e. The molecule has 2 N–H and O–H groups in total. The number of phenols is 2. The van der Waals surface area contributed by atoms with Gasteiger partial charge in [0.25, 0.3) is 0 Å². The quantitative estimate of drug-likeness (QED) is 0.561. The van der Waals surface area contributed by atoms with Crippen LogP contribution in [0.4, 0.5) is 0 Å². The van der Waals surface area contributed by atoms with E-state index in [1.54, 1.807) is 6.20 Å². The van der Waals surface area contributed by atoms with Crippen LogP contribution in [-0.4, -0.2) is 25.6 Å². The van der Waals surface area contributed by atoms with Crippen LogP contribution in [0.25, 0.3) is 0 Å². The fraction of sp³-hybridized carbons (Fsp3) is 0.471. The fourth-order valence-corrected chi connectivity index (χ4v) is 6.01. The van der Waals surface area contributed by atoms with Gasteiger partial charge in [0.2, 0.25) is 0 Å². The summed E-state index contributed by atoms with van der Waals surface area (Å²) in [5, 5.41) is 33.0. The Morgan fingerprint density at radius 2 is 1.36 bits per heavy atom. The molecule has 2 rings (SSSR count). The van der Waals surface area contributed by atoms with Gasteiger partial charge in [-0.05, 0) is 0 Å². The van der Waals surface area contributed by atoms with E-state index >= 15 is 0 Å². The van der Waals surface area contributed by atoms with Gasteiger partial charge in [-0.2, -0.15) is 0 Å². The number of hydrogen-bond donors (Lipinski definition) is 2. The van der Waals surface area contributed by atoms with Crippen molar-refractivity contribution < 1.29 is 33.1 Å². The Kier molecular flexibility index (Phi) is 8.53. The number of halogens is 2. The van der Waals surface area contributed by atoms with Gasteiger partial charge >= 0.3 is 149 Å². The van der Waals surface area contributed by atoms with Crippen molar-refractivity contribution in [2.75, 3.05) is 0 Å². The van der Waals surface area contributed by atoms with Crippen molar-refractivity contribution >= 4 is 31.6 Å². The van der Waals surface area contributed by atoms with E-state index in [0.717, 1.165) is 14.6 Å². The smallest absolute Gasteiger partial charge is 0.147 e. The van der Waals surface area contributed by atoms with E-state index in [9.17, 15) is 10.2 Å². The van der Waals surface area contributed by atoms with E-state index in [0.29, 0.717) is 3.32 Å². The third kappa shape index (κ3) is 5.63. The zero-order chi connectivity index (χ0) is 17.4. The average Bonchev–Trinajstić information content (AvgIpc) is 2.41. The average molecular weight is 553 g/mol. The summed E-state index contributed by atoms with van der Waals surface area (Å²) in [5.74, 6) is 0.426. The molecule has 0 bridgehead atoms. The predicted octanol–water partition coefficient (Wildman–Crippen LogP) is 2.75. The minimum atomic E-state index is -1.75. The largest absolute Gasteiger partial charge is 0.147 e. The Morgan fingerprint density at radius 1 is 0.880 bits per heavy atom. The van der Waals surface area contributed by atoms with Crippen molar-refractivity contribution in [3.05, 3.63) is 29.5 Å². The van der Waals surface area contributed by atoms with Gasteiger partial charge in [-0.3, -0.25) is 0 Å². The van der Waals surface area contributed by atoms with Crippen LogP contribution in [0.5, 0.6) is 11.5 Å². The van der Waals surface area contributed by atoms with Crippen LogP contribution in [0, 0.1) is 0 Å². The Morgan fingerprint density at radius 3 is 1.72 bits per heavy atom. The number of hydrogen-bond acceptors (Lipinski definition) is 5. The van der Waals surface area contributed by atoms with E-state index < -0.39 is 22.9 Å². The van der Waals surface area contributed by atoms with Crippen molar-refractivity contribution in [3.8, 4) is 11.5 Å². The SMILES string of the molecule is CC(C)(C)c1cc(C(C)(C)C)c(O)[c]([Hf][c]2ccnnn2)c1O.Cl.Cl. The molecule has 1 aromatic heterocycles. The second-order valence-corrected chi connectivity index (χ2v) is 12.2. The first kappa shape index (κ1) is 24.3. The van der Waals surface area contributed by atoms with Gasteiger partial charge in [0.1, 0.15) is 0 Å². The number of phenolic OH excluding ortho intramolecular Hbond substituents is 2. The zero-order valence-electron chi connectivity index (χ0n) is 15.3. The molecule has 0 unspecified atom stereocenters. The molecule has 0 atom stereocenters. The maximum absolute atomic E-state index is 10.8. The number of benzene rings is 1. The Bertz CT molecular complexity index is 676. The molecule has 1 heterocycles. The molecule has 0 aliphatic heterocycles. The van der Waals surface area contributed by atoms with Crippen molar-refractivity contribution in [3.63, 3.8) is 0 Å². The van der Waals surface area contributed by atoms with Gasteiger partial charge < -0.3 is 0 Å². The summed E-state index contributed by atoms with van der Waals surface area (Å²) >= 11 is -1.75. The second-order valence-electron chi connectivity index (χ2n) is 7.67. The van der Waals surface area contributed by atoms with Gasteiger partial charge in [0.05, 0.1) is 0 Å². The molecule has 5 nitrogen and oxygen atoms in total. The summed E-state index contributed by atoms with van der Waals surface area (Å²) in [4.78, 5) is 0. The monoisotopic (exact) mass is 553 g/mol. The topological polar surface area (TPSA) is 79.1 Å². The molecule has 138 valence electrons. The number of rotatable bonds is 2. The first-order valence-corrected chi connectivity index (χ1v) is 11.1. The van der Waals surface area contributed by atoms with Gasteiger partial charge in [-0.1, -0.05) is 0 Å². The van der Waals surface area contributed by atoms with Gasteiger partial charge in [-0.25, -0.2) is 0 Å². The van der Waals surface area contributed by atoms with Crippen LogP contribution < -0.4 is 6.77 Å². The van der Waals surface area contributed by atoms with Crippen LogP contribution in [0.3, 0.4) is 0 Å². The fourth-order valence-electron chi connectivity index (χ4n) is 2.36. The molecule has 2 aromatic rings. The molecule has 0 fully saturated rings. The molecule has 1 aromatic carbocycles. The summed E-state index contributed by atoms with van der Waals surface area (Å²) < 4.78 is 1.53. The molecule has 0 saturated carbocycles. The van der Waals surface area contributed by atoms with Crippen LogP contribution >= 0.6 is 24.8 Å². The van der Waals surface area contributed by atoms with E-state index in [1.165, 1.54) is 0 Å². The van der Waals surface area contributed by atoms with Crippen molar-refractivity contribution in [2.45, 2.75) is 52.4 Å².